The van der Waals surface area contributed by atoms with Crippen LogP contribution in [0.1, 0.15) is 20.3 Å². The van der Waals surface area contributed by atoms with E-state index in [9.17, 15) is 22.8 Å². The lowest BCUT2D eigenvalue weighted by Crippen LogP contribution is -2.29. The van der Waals surface area contributed by atoms with E-state index in [1.165, 1.54) is 6.07 Å². The molecule has 0 aliphatic carbocycles. The van der Waals surface area contributed by atoms with Crippen LogP contribution in [0.5, 0.6) is 5.75 Å². The average molecular weight is 334 g/mol. The summed E-state index contributed by atoms with van der Waals surface area (Å²) in [4.78, 5) is 25.0. The molecule has 0 unspecified atom stereocenters. The lowest BCUT2D eigenvalue weighted by Gasteiger charge is -2.16. The van der Waals surface area contributed by atoms with Gasteiger partial charge in [0, 0.05) is 11.6 Å². The highest BCUT2D eigenvalue weighted by Gasteiger charge is 2.37. The van der Waals surface area contributed by atoms with Crippen LogP contribution in [0, 0.1) is 0 Å². The Morgan fingerprint density at radius 3 is 2.41 bits per heavy atom. The minimum Gasteiger partial charge on any atom is -0.404 e. The molecule has 1 heterocycles. The summed E-state index contributed by atoms with van der Waals surface area (Å²) in [5.74, 6) is -1.73. The number of hydrogen-bond acceptors (Lipinski definition) is 3. The Labute approximate surface area is 129 Å². The predicted molar refractivity (Wildman–Crippen MR) is 73.6 cm³/mol. The maximum Gasteiger partial charge on any atom is 0.573 e. The number of amides is 2. The number of carbonyl (C=O) groups is 2. The minimum atomic E-state index is -4.92. The van der Waals surface area contributed by atoms with E-state index in [-0.39, 0.29) is 17.1 Å². The number of halogens is 4. The summed E-state index contributed by atoms with van der Waals surface area (Å²) in [6.45, 7) is 3.37. The molecule has 0 bridgehead atoms. The summed E-state index contributed by atoms with van der Waals surface area (Å²) < 4.78 is 40.7. The molecule has 1 fully saturated rings. The van der Waals surface area contributed by atoms with Crippen LogP contribution >= 0.6 is 11.6 Å². The van der Waals surface area contributed by atoms with E-state index >= 15 is 0 Å². The Kier molecular flexibility index (Phi) is 4.19. The number of hydrogen-bond donors (Lipinski definition) is 0. The van der Waals surface area contributed by atoms with Crippen molar-refractivity contribution in [1.29, 1.82) is 0 Å². The molecule has 1 saturated heterocycles. The number of anilines is 1. The Hall–Kier alpha value is -2.02. The minimum absolute atomic E-state index is 0.0186. The molecule has 0 N–H and O–H groups in total. The fourth-order valence-electron chi connectivity index (χ4n) is 2.04. The quantitative estimate of drug-likeness (QED) is 0.610. The second-order valence-electron chi connectivity index (χ2n) is 4.85. The standard InChI is InChI=1S/C14H11ClF3NO3/c1-7(2)9-6-12(20)19(13(9)21)8-3-4-10(15)11(5-8)22-14(16,17)18/h3-5H,6H2,1-2H3. The SMILES string of the molecule is CC(C)=C1CC(=O)N(c2ccc(Cl)c(OC(F)(F)F)c2)C1=O. The molecular formula is C14H11ClF3NO3. The van der Waals surface area contributed by atoms with Crippen LogP contribution in [-0.2, 0) is 9.59 Å². The number of carbonyl (C=O) groups excluding carboxylic acids is 2. The number of benzene rings is 1. The summed E-state index contributed by atoms with van der Waals surface area (Å²) in [5.41, 5.74) is 0.995. The first-order valence-corrected chi connectivity index (χ1v) is 6.57. The fourth-order valence-corrected chi connectivity index (χ4v) is 2.20. The monoisotopic (exact) mass is 333 g/mol. The van der Waals surface area contributed by atoms with Gasteiger partial charge in [0.25, 0.3) is 5.91 Å². The van der Waals surface area contributed by atoms with E-state index in [4.69, 9.17) is 11.6 Å². The van der Waals surface area contributed by atoms with Crippen molar-refractivity contribution in [2.75, 3.05) is 4.90 Å². The van der Waals surface area contributed by atoms with Gasteiger partial charge in [0.15, 0.2) is 0 Å². The number of allylic oxidation sites excluding steroid dienone is 1. The Balaban J connectivity index is 2.42. The number of rotatable bonds is 2. The average Bonchev–Trinajstić information content (AvgIpc) is 2.66. The second kappa shape index (κ2) is 5.64. The topological polar surface area (TPSA) is 46.6 Å². The van der Waals surface area contributed by atoms with Crippen LogP contribution in [0.15, 0.2) is 29.3 Å². The van der Waals surface area contributed by atoms with E-state index in [2.05, 4.69) is 4.74 Å². The highest BCUT2D eigenvalue weighted by Crippen LogP contribution is 2.36. The zero-order valence-electron chi connectivity index (χ0n) is 11.6. The molecule has 1 aromatic carbocycles. The van der Waals surface area contributed by atoms with E-state index in [0.29, 0.717) is 11.1 Å². The molecule has 1 aromatic rings. The van der Waals surface area contributed by atoms with Gasteiger partial charge in [-0.3, -0.25) is 9.59 Å². The molecule has 1 aliphatic heterocycles. The van der Waals surface area contributed by atoms with E-state index < -0.39 is 23.9 Å². The molecule has 22 heavy (non-hydrogen) atoms. The van der Waals surface area contributed by atoms with Crippen LogP contribution in [0.2, 0.25) is 5.02 Å². The second-order valence-corrected chi connectivity index (χ2v) is 5.26. The van der Waals surface area contributed by atoms with Gasteiger partial charge < -0.3 is 4.74 Å². The molecule has 0 spiro atoms. The lowest BCUT2D eigenvalue weighted by molar-refractivity contribution is -0.274. The molecule has 118 valence electrons. The summed E-state index contributed by atoms with van der Waals surface area (Å²) in [7, 11) is 0. The van der Waals surface area contributed by atoms with Gasteiger partial charge in [0.2, 0.25) is 5.91 Å². The third-order valence-electron chi connectivity index (χ3n) is 3.04. The fraction of sp³-hybridized carbons (Fsp3) is 0.286. The van der Waals surface area contributed by atoms with Gasteiger partial charge in [0.1, 0.15) is 5.75 Å². The summed E-state index contributed by atoms with van der Waals surface area (Å²) >= 11 is 5.64. The highest BCUT2D eigenvalue weighted by atomic mass is 35.5. The first-order valence-electron chi connectivity index (χ1n) is 6.19. The van der Waals surface area contributed by atoms with Gasteiger partial charge in [0.05, 0.1) is 17.1 Å². The van der Waals surface area contributed by atoms with Crippen molar-refractivity contribution in [2.45, 2.75) is 26.6 Å². The zero-order valence-corrected chi connectivity index (χ0v) is 12.4. The van der Waals surface area contributed by atoms with Gasteiger partial charge >= 0.3 is 6.36 Å². The van der Waals surface area contributed by atoms with Crippen molar-refractivity contribution in [1.82, 2.24) is 0 Å². The molecule has 0 radical (unpaired) electrons. The van der Waals surface area contributed by atoms with E-state index in [1.54, 1.807) is 13.8 Å². The number of alkyl halides is 3. The molecule has 0 saturated carbocycles. The molecule has 0 aromatic heterocycles. The maximum atomic E-state index is 12.3. The number of imide groups is 1. The third-order valence-corrected chi connectivity index (χ3v) is 3.35. The van der Waals surface area contributed by atoms with E-state index in [1.807, 2.05) is 0 Å². The van der Waals surface area contributed by atoms with Crippen molar-refractivity contribution < 1.29 is 27.5 Å². The van der Waals surface area contributed by atoms with Crippen LogP contribution in [-0.4, -0.2) is 18.2 Å². The first-order chi connectivity index (χ1) is 10.1. The molecule has 8 heteroatoms. The summed E-state index contributed by atoms with van der Waals surface area (Å²) in [5, 5.41) is -0.275. The molecule has 2 amide bonds. The van der Waals surface area contributed by atoms with Crippen molar-refractivity contribution >= 4 is 29.1 Å². The molecule has 2 rings (SSSR count). The number of nitrogens with zero attached hydrogens (tertiary/aromatic N) is 1. The van der Waals surface area contributed by atoms with Gasteiger partial charge in [-0.05, 0) is 26.0 Å². The van der Waals surface area contributed by atoms with Gasteiger partial charge in [-0.2, -0.15) is 0 Å². The smallest absolute Gasteiger partial charge is 0.404 e. The first kappa shape index (κ1) is 16.4. The van der Waals surface area contributed by atoms with Gasteiger partial charge in [-0.25, -0.2) is 4.90 Å². The Morgan fingerprint density at radius 1 is 1.27 bits per heavy atom. The molecule has 0 atom stereocenters. The summed E-state index contributed by atoms with van der Waals surface area (Å²) in [6.07, 6.45) is -5.01. The van der Waals surface area contributed by atoms with Crippen LogP contribution in [0.3, 0.4) is 0 Å². The van der Waals surface area contributed by atoms with Gasteiger partial charge in [-0.15, -0.1) is 13.2 Å². The maximum absolute atomic E-state index is 12.3. The van der Waals surface area contributed by atoms with Crippen molar-refractivity contribution in [3.8, 4) is 5.75 Å². The largest absolute Gasteiger partial charge is 0.573 e. The molecule has 4 nitrogen and oxygen atoms in total. The Morgan fingerprint density at radius 2 is 1.91 bits per heavy atom. The van der Waals surface area contributed by atoms with Crippen LogP contribution in [0.4, 0.5) is 18.9 Å². The summed E-state index contributed by atoms with van der Waals surface area (Å²) in [6, 6.07) is 3.34. The van der Waals surface area contributed by atoms with Crippen molar-refractivity contribution in [3.05, 3.63) is 34.4 Å². The predicted octanol–water partition coefficient (Wildman–Crippen LogP) is 3.84. The third kappa shape index (κ3) is 3.24. The number of ether oxygens (including phenoxy) is 1. The Bertz CT molecular complexity index is 678. The normalized spacial score (nSPS) is 15.5. The molecule has 1 aliphatic rings. The van der Waals surface area contributed by atoms with Crippen molar-refractivity contribution in [3.63, 3.8) is 0 Å². The van der Waals surface area contributed by atoms with Crippen molar-refractivity contribution in [2.24, 2.45) is 0 Å². The van der Waals surface area contributed by atoms with E-state index in [0.717, 1.165) is 17.0 Å². The zero-order chi connectivity index (χ0) is 16.7. The lowest BCUT2D eigenvalue weighted by atomic mass is 10.1. The van der Waals surface area contributed by atoms with Gasteiger partial charge in [-0.1, -0.05) is 17.2 Å². The van der Waals surface area contributed by atoms with Crippen LogP contribution < -0.4 is 9.64 Å². The molecular weight excluding hydrogens is 323 g/mol. The highest BCUT2D eigenvalue weighted by molar-refractivity contribution is 6.32. The van der Waals surface area contributed by atoms with Crippen LogP contribution in [0.25, 0.3) is 0 Å².